The SMILES string of the molecule is CC[C@@H](C(=O)NC(C)C)N(Cc1cccc(C)c1)C(=O)CN(c1cccc2ccccc12)S(C)(=O)=O. The molecule has 0 fully saturated rings. The topological polar surface area (TPSA) is 86.8 Å². The summed E-state index contributed by atoms with van der Waals surface area (Å²) in [6.45, 7) is 7.32. The molecule has 2 amide bonds. The van der Waals surface area contributed by atoms with Crippen LogP contribution < -0.4 is 9.62 Å². The molecule has 0 radical (unpaired) electrons. The highest BCUT2D eigenvalue weighted by Crippen LogP contribution is 2.29. The molecule has 1 N–H and O–H groups in total. The van der Waals surface area contributed by atoms with E-state index in [4.69, 9.17) is 0 Å². The highest BCUT2D eigenvalue weighted by Gasteiger charge is 2.32. The van der Waals surface area contributed by atoms with Crippen molar-refractivity contribution < 1.29 is 18.0 Å². The van der Waals surface area contributed by atoms with Crippen molar-refractivity contribution >= 4 is 38.3 Å². The fourth-order valence-electron chi connectivity index (χ4n) is 4.33. The van der Waals surface area contributed by atoms with E-state index < -0.39 is 28.5 Å². The van der Waals surface area contributed by atoms with E-state index in [-0.39, 0.29) is 18.5 Å². The summed E-state index contributed by atoms with van der Waals surface area (Å²) in [6, 6.07) is 19.7. The van der Waals surface area contributed by atoms with Crippen molar-refractivity contribution in [1.82, 2.24) is 10.2 Å². The number of fused-ring (bicyclic) bond motifs is 1. The maximum Gasteiger partial charge on any atom is 0.244 e. The van der Waals surface area contributed by atoms with Crippen molar-refractivity contribution in [1.29, 1.82) is 0 Å². The van der Waals surface area contributed by atoms with Crippen molar-refractivity contribution in [3.63, 3.8) is 0 Å². The van der Waals surface area contributed by atoms with E-state index in [1.54, 1.807) is 12.1 Å². The lowest BCUT2D eigenvalue weighted by atomic mass is 10.1. The molecule has 3 rings (SSSR count). The molecule has 192 valence electrons. The molecule has 3 aromatic rings. The molecular weight excluding hydrogens is 474 g/mol. The first-order valence-electron chi connectivity index (χ1n) is 12.1. The van der Waals surface area contributed by atoms with Crippen LogP contribution in [0.4, 0.5) is 5.69 Å². The van der Waals surface area contributed by atoms with Crippen LogP contribution in [0.1, 0.15) is 38.3 Å². The largest absolute Gasteiger partial charge is 0.352 e. The Morgan fingerprint density at radius 1 is 0.972 bits per heavy atom. The molecule has 0 bridgehead atoms. The third kappa shape index (κ3) is 6.63. The number of anilines is 1. The maximum absolute atomic E-state index is 13.8. The van der Waals surface area contributed by atoms with E-state index in [1.165, 1.54) is 4.90 Å². The molecule has 0 saturated heterocycles. The zero-order valence-corrected chi connectivity index (χ0v) is 22.4. The Hall–Kier alpha value is -3.39. The monoisotopic (exact) mass is 509 g/mol. The summed E-state index contributed by atoms with van der Waals surface area (Å²) in [5.41, 5.74) is 2.34. The van der Waals surface area contributed by atoms with Crippen LogP contribution in [0.15, 0.2) is 66.7 Å². The molecule has 0 aliphatic heterocycles. The van der Waals surface area contributed by atoms with Gasteiger partial charge in [0.15, 0.2) is 0 Å². The molecule has 0 spiro atoms. The van der Waals surface area contributed by atoms with Gasteiger partial charge in [0.1, 0.15) is 12.6 Å². The lowest BCUT2D eigenvalue weighted by Crippen LogP contribution is -2.53. The summed E-state index contributed by atoms with van der Waals surface area (Å²) in [5, 5.41) is 4.50. The molecule has 0 unspecified atom stereocenters. The normalized spacial score (nSPS) is 12.4. The van der Waals surface area contributed by atoms with Crippen LogP contribution in [0, 0.1) is 6.92 Å². The third-order valence-corrected chi connectivity index (χ3v) is 7.09. The molecule has 7 nitrogen and oxygen atoms in total. The fourth-order valence-corrected chi connectivity index (χ4v) is 5.19. The summed E-state index contributed by atoms with van der Waals surface area (Å²) in [4.78, 5) is 28.4. The summed E-state index contributed by atoms with van der Waals surface area (Å²) in [6.07, 6.45) is 1.49. The predicted octanol–water partition coefficient (Wildman–Crippen LogP) is 4.25. The van der Waals surface area contributed by atoms with Crippen LogP contribution in [0.5, 0.6) is 0 Å². The van der Waals surface area contributed by atoms with Crippen LogP contribution in [-0.4, -0.2) is 50.0 Å². The lowest BCUT2D eigenvalue weighted by molar-refractivity contribution is -0.140. The van der Waals surface area contributed by atoms with Gasteiger partial charge < -0.3 is 10.2 Å². The Labute approximate surface area is 214 Å². The lowest BCUT2D eigenvalue weighted by Gasteiger charge is -2.33. The van der Waals surface area contributed by atoms with Gasteiger partial charge in [-0.15, -0.1) is 0 Å². The van der Waals surface area contributed by atoms with Crippen LogP contribution in [0.25, 0.3) is 10.8 Å². The van der Waals surface area contributed by atoms with Gasteiger partial charge in [0, 0.05) is 18.0 Å². The predicted molar refractivity (Wildman–Crippen MR) is 145 cm³/mol. The molecular formula is C28H35N3O4S. The quantitative estimate of drug-likeness (QED) is 0.443. The molecule has 3 aromatic carbocycles. The Morgan fingerprint density at radius 3 is 2.28 bits per heavy atom. The number of carbonyl (C=O) groups excluding carboxylic acids is 2. The second kappa shape index (κ2) is 11.6. The van der Waals surface area contributed by atoms with E-state index in [0.717, 1.165) is 32.5 Å². The zero-order valence-electron chi connectivity index (χ0n) is 21.6. The van der Waals surface area contributed by atoms with Gasteiger partial charge in [-0.05, 0) is 44.2 Å². The van der Waals surface area contributed by atoms with E-state index in [2.05, 4.69) is 5.32 Å². The van der Waals surface area contributed by atoms with Crippen LogP contribution in [0.2, 0.25) is 0 Å². The van der Waals surface area contributed by atoms with E-state index in [1.807, 2.05) is 82.3 Å². The molecule has 0 saturated carbocycles. The van der Waals surface area contributed by atoms with Crippen molar-refractivity contribution in [2.24, 2.45) is 0 Å². The summed E-state index contributed by atoms with van der Waals surface area (Å²) in [5.74, 6) is -0.704. The molecule has 8 heteroatoms. The van der Waals surface area contributed by atoms with Gasteiger partial charge in [-0.1, -0.05) is 73.2 Å². The molecule has 0 aromatic heterocycles. The van der Waals surface area contributed by atoms with Gasteiger partial charge in [-0.3, -0.25) is 13.9 Å². The first-order chi connectivity index (χ1) is 17.0. The number of nitrogens with zero attached hydrogens (tertiary/aromatic N) is 2. The van der Waals surface area contributed by atoms with Crippen LogP contribution in [-0.2, 0) is 26.2 Å². The molecule has 0 aliphatic carbocycles. The number of hydrogen-bond donors (Lipinski definition) is 1. The summed E-state index contributed by atoms with van der Waals surface area (Å²) < 4.78 is 27.0. The smallest absolute Gasteiger partial charge is 0.244 e. The number of rotatable bonds is 10. The van der Waals surface area contributed by atoms with Crippen LogP contribution >= 0.6 is 0 Å². The Morgan fingerprint density at radius 2 is 1.64 bits per heavy atom. The van der Waals surface area contributed by atoms with Crippen LogP contribution in [0.3, 0.4) is 0 Å². The van der Waals surface area contributed by atoms with Gasteiger partial charge in [0.25, 0.3) is 0 Å². The fraction of sp³-hybridized carbons (Fsp3) is 0.357. The maximum atomic E-state index is 13.8. The zero-order chi connectivity index (χ0) is 26.5. The average molecular weight is 510 g/mol. The number of aryl methyl sites for hydroxylation is 1. The average Bonchev–Trinajstić information content (AvgIpc) is 2.81. The van der Waals surface area contributed by atoms with Crippen molar-refractivity contribution in [2.75, 3.05) is 17.1 Å². The minimum atomic E-state index is -3.80. The summed E-state index contributed by atoms with van der Waals surface area (Å²) in [7, 11) is -3.80. The highest BCUT2D eigenvalue weighted by molar-refractivity contribution is 7.92. The second-order valence-electron chi connectivity index (χ2n) is 9.37. The van der Waals surface area contributed by atoms with Gasteiger partial charge >= 0.3 is 0 Å². The highest BCUT2D eigenvalue weighted by atomic mass is 32.2. The van der Waals surface area contributed by atoms with Gasteiger partial charge in [-0.2, -0.15) is 0 Å². The van der Waals surface area contributed by atoms with Gasteiger partial charge in [0.05, 0.1) is 11.9 Å². The standard InChI is InChI=1S/C28H35N3O4S/c1-6-25(28(33)29-20(2)3)30(18-22-12-9-11-21(4)17-22)27(32)19-31(36(5,34)35)26-16-10-14-23-13-7-8-15-24(23)26/h7-17,20,25H,6,18-19H2,1-5H3,(H,29,33)/t25-/m0/s1. The first kappa shape index (κ1) is 27.2. The number of hydrogen-bond acceptors (Lipinski definition) is 4. The first-order valence-corrected chi connectivity index (χ1v) is 14.0. The van der Waals surface area contributed by atoms with Crippen molar-refractivity contribution in [2.45, 2.75) is 52.7 Å². The number of benzene rings is 3. The van der Waals surface area contributed by atoms with E-state index in [9.17, 15) is 18.0 Å². The molecule has 0 aliphatic rings. The third-order valence-electron chi connectivity index (χ3n) is 5.97. The Kier molecular flexibility index (Phi) is 8.74. The number of sulfonamides is 1. The molecule has 36 heavy (non-hydrogen) atoms. The number of amides is 2. The minimum absolute atomic E-state index is 0.0920. The number of nitrogens with one attached hydrogen (secondary N) is 1. The Bertz CT molecular complexity index is 1330. The van der Waals surface area contributed by atoms with E-state index >= 15 is 0 Å². The molecule has 1 atom stereocenters. The van der Waals surface area contributed by atoms with Gasteiger partial charge in [-0.25, -0.2) is 8.42 Å². The van der Waals surface area contributed by atoms with Gasteiger partial charge in [0.2, 0.25) is 21.8 Å². The second-order valence-corrected chi connectivity index (χ2v) is 11.3. The Balaban J connectivity index is 2.03. The van der Waals surface area contributed by atoms with E-state index in [0.29, 0.717) is 12.1 Å². The van der Waals surface area contributed by atoms with Crippen molar-refractivity contribution in [3.8, 4) is 0 Å². The summed E-state index contributed by atoms with van der Waals surface area (Å²) >= 11 is 0. The van der Waals surface area contributed by atoms with Crippen molar-refractivity contribution in [3.05, 3.63) is 77.9 Å². The molecule has 0 heterocycles. The minimum Gasteiger partial charge on any atom is -0.352 e. The number of carbonyl (C=O) groups is 2.